The standard InChI is InChI=1S/C12H14BrN3/c1-4-9(3)10(6-14)11-7-15-12(13)8-16(11)5-2/h5,7-9H,2,4H2,1,3H3/b11-10-. The maximum atomic E-state index is 9.20. The minimum Gasteiger partial charge on any atom is -0.319 e. The molecule has 1 atom stereocenters. The average molecular weight is 280 g/mol. The van der Waals surface area contributed by atoms with E-state index in [4.69, 9.17) is 0 Å². The summed E-state index contributed by atoms with van der Waals surface area (Å²) in [5.41, 5.74) is 1.54. The van der Waals surface area contributed by atoms with E-state index < -0.39 is 0 Å². The Morgan fingerprint density at radius 3 is 3.00 bits per heavy atom. The highest BCUT2D eigenvalue weighted by molar-refractivity contribution is 9.11. The first kappa shape index (κ1) is 12.7. The number of aliphatic imine (C=N–C) groups is 1. The van der Waals surface area contributed by atoms with Crippen molar-refractivity contribution in [2.24, 2.45) is 10.9 Å². The highest BCUT2D eigenvalue weighted by Gasteiger charge is 2.17. The van der Waals surface area contributed by atoms with Gasteiger partial charge in [-0.2, -0.15) is 5.26 Å². The smallest absolute Gasteiger partial charge is 0.122 e. The largest absolute Gasteiger partial charge is 0.319 e. The van der Waals surface area contributed by atoms with Gasteiger partial charge in [0.1, 0.15) is 4.61 Å². The minimum absolute atomic E-state index is 0.221. The van der Waals surface area contributed by atoms with Gasteiger partial charge in [0.15, 0.2) is 0 Å². The predicted molar refractivity (Wildman–Crippen MR) is 69.6 cm³/mol. The average Bonchev–Trinajstić information content (AvgIpc) is 2.31. The molecule has 0 saturated heterocycles. The molecule has 0 fully saturated rings. The monoisotopic (exact) mass is 279 g/mol. The Labute approximate surface area is 105 Å². The van der Waals surface area contributed by atoms with Crippen molar-refractivity contribution in [2.75, 3.05) is 0 Å². The lowest BCUT2D eigenvalue weighted by Crippen LogP contribution is -2.18. The van der Waals surface area contributed by atoms with Crippen LogP contribution >= 0.6 is 15.9 Å². The molecule has 0 spiro atoms. The molecule has 0 aromatic heterocycles. The van der Waals surface area contributed by atoms with Gasteiger partial charge in [-0.25, -0.2) is 4.99 Å². The summed E-state index contributed by atoms with van der Waals surface area (Å²) in [4.78, 5) is 5.96. The molecule has 0 aromatic carbocycles. The van der Waals surface area contributed by atoms with Crippen LogP contribution < -0.4 is 0 Å². The topological polar surface area (TPSA) is 39.4 Å². The summed E-state index contributed by atoms with van der Waals surface area (Å²) in [6.45, 7) is 7.82. The predicted octanol–water partition coefficient (Wildman–Crippen LogP) is 3.53. The first-order chi connectivity index (χ1) is 7.63. The zero-order valence-electron chi connectivity index (χ0n) is 9.44. The van der Waals surface area contributed by atoms with Crippen LogP contribution in [-0.4, -0.2) is 11.1 Å². The van der Waals surface area contributed by atoms with E-state index in [0.717, 1.165) is 22.3 Å². The van der Waals surface area contributed by atoms with Crippen LogP contribution in [0, 0.1) is 17.2 Å². The molecule has 3 nitrogen and oxygen atoms in total. The van der Waals surface area contributed by atoms with Crippen LogP contribution in [0.25, 0.3) is 0 Å². The van der Waals surface area contributed by atoms with E-state index in [1.54, 1.807) is 18.6 Å². The minimum atomic E-state index is 0.221. The molecule has 1 rings (SSSR count). The SMILES string of the molecule is C=CN1C=C(Br)N=C/C1=C(\C#N)C(C)CC. The third kappa shape index (κ3) is 2.61. The third-order valence-electron chi connectivity index (χ3n) is 2.53. The molecule has 0 bridgehead atoms. The van der Waals surface area contributed by atoms with Gasteiger partial charge in [-0.1, -0.05) is 20.4 Å². The highest BCUT2D eigenvalue weighted by atomic mass is 79.9. The highest BCUT2D eigenvalue weighted by Crippen LogP contribution is 2.24. The van der Waals surface area contributed by atoms with Crippen LogP contribution in [0.3, 0.4) is 0 Å². The van der Waals surface area contributed by atoms with Crippen molar-refractivity contribution < 1.29 is 0 Å². The summed E-state index contributed by atoms with van der Waals surface area (Å²) in [6, 6.07) is 2.26. The van der Waals surface area contributed by atoms with Crippen LogP contribution in [0.5, 0.6) is 0 Å². The van der Waals surface area contributed by atoms with Gasteiger partial charge in [-0.15, -0.1) is 0 Å². The van der Waals surface area contributed by atoms with Gasteiger partial charge in [0.2, 0.25) is 0 Å². The molecule has 0 amide bonds. The quantitative estimate of drug-likeness (QED) is 0.586. The van der Waals surface area contributed by atoms with Crippen molar-refractivity contribution in [1.82, 2.24) is 4.90 Å². The van der Waals surface area contributed by atoms with Crippen molar-refractivity contribution in [3.63, 3.8) is 0 Å². The fraction of sp³-hybridized carbons (Fsp3) is 0.333. The van der Waals surface area contributed by atoms with E-state index in [1.807, 2.05) is 11.8 Å². The van der Waals surface area contributed by atoms with E-state index in [2.05, 4.69) is 40.5 Å². The normalized spacial score (nSPS) is 19.9. The van der Waals surface area contributed by atoms with Crippen molar-refractivity contribution in [3.8, 4) is 6.07 Å². The first-order valence-electron chi connectivity index (χ1n) is 5.10. The van der Waals surface area contributed by atoms with Crippen molar-refractivity contribution in [3.05, 3.63) is 34.9 Å². The van der Waals surface area contributed by atoms with Crippen LogP contribution in [0.4, 0.5) is 0 Å². The van der Waals surface area contributed by atoms with Crippen molar-refractivity contribution in [1.29, 1.82) is 5.26 Å². The number of allylic oxidation sites excluding steroid dienone is 2. The van der Waals surface area contributed by atoms with Crippen LogP contribution in [0.1, 0.15) is 20.3 Å². The lowest BCUT2D eigenvalue weighted by atomic mass is 9.97. The van der Waals surface area contributed by atoms with Gasteiger partial charge in [-0.3, -0.25) is 0 Å². The molecule has 0 aromatic rings. The van der Waals surface area contributed by atoms with E-state index in [-0.39, 0.29) is 5.92 Å². The lowest BCUT2D eigenvalue weighted by Gasteiger charge is -2.22. The second-order valence-electron chi connectivity index (χ2n) is 3.52. The molecule has 0 N–H and O–H groups in total. The van der Waals surface area contributed by atoms with Crippen LogP contribution in [0.2, 0.25) is 0 Å². The number of rotatable bonds is 3. The Kier molecular flexibility index (Phi) is 4.51. The van der Waals surface area contributed by atoms with E-state index in [1.165, 1.54) is 0 Å². The summed E-state index contributed by atoms with van der Waals surface area (Å²) in [5, 5.41) is 9.20. The Bertz CT molecular complexity index is 412. The lowest BCUT2D eigenvalue weighted by molar-refractivity contribution is 0.605. The van der Waals surface area contributed by atoms with Crippen molar-refractivity contribution in [2.45, 2.75) is 20.3 Å². The molecule has 1 aliphatic heterocycles. The maximum Gasteiger partial charge on any atom is 0.122 e. The van der Waals surface area contributed by atoms with E-state index >= 15 is 0 Å². The van der Waals surface area contributed by atoms with Gasteiger partial charge in [0, 0.05) is 12.4 Å². The van der Waals surface area contributed by atoms with Crippen LogP contribution in [-0.2, 0) is 0 Å². The Morgan fingerprint density at radius 1 is 1.81 bits per heavy atom. The summed E-state index contributed by atoms with van der Waals surface area (Å²) in [5.74, 6) is 0.221. The summed E-state index contributed by atoms with van der Waals surface area (Å²) < 4.78 is 0.720. The molecule has 1 unspecified atom stereocenters. The molecule has 16 heavy (non-hydrogen) atoms. The Hall–Kier alpha value is -1.34. The molecule has 84 valence electrons. The van der Waals surface area contributed by atoms with Gasteiger partial charge < -0.3 is 4.90 Å². The van der Waals surface area contributed by atoms with E-state index in [0.29, 0.717) is 0 Å². The number of nitriles is 1. The molecule has 1 heterocycles. The van der Waals surface area contributed by atoms with E-state index in [9.17, 15) is 5.26 Å². The molecule has 0 saturated carbocycles. The van der Waals surface area contributed by atoms with Gasteiger partial charge in [-0.05, 0) is 28.3 Å². The zero-order chi connectivity index (χ0) is 12.1. The molecular formula is C12H14BrN3. The number of nitrogens with zero attached hydrogens (tertiary/aromatic N) is 3. The second kappa shape index (κ2) is 5.66. The Morgan fingerprint density at radius 2 is 2.50 bits per heavy atom. The summed E-state index contributed by atoms with van der Waals surface area (Å²) in [7, 11) is 0. The Balaban J connectivity index is 3.20. The number of hydrogen-bond acceptors (Lipinski definition) is 3. The maximum absolute atomic E-state index is 9.20. The molecule has 0 aliphatic carbocycles. The molecule has 0 radical (unpaired) electrons. The second-order valence-corrected chi connectivity index (χ2v) is 4.33. The fourth-order valence-electron chi connectivity index (χ4n) is 1.39. The number of hydrogen-bond donors (Lipinski definition) is 0. The van der Waals surface area contributed by atoms with Gasteiger partial charge in [0.05, 0.1) is 23.6 Å². The van der Waals surface area contributed by atoms with Crippen molar-refractivity contribution >= 4 is 22.1 Å². The third-order valence-corrected chi connectivity index (χ3v) is 2.94. The first-order valence-corrected chi connectivity index (χ1v) is 5.89. The molecule has 1 aliphatic rings. The van der Waals surface area contributed by atoms with Crippen LogP contribution in [0.15, 0.2) is 39.8 Å². The summed E-state index contributed by atoms with van der Waals surface area (Å²) >= 11 is 3.29. The molecule has 4 heteroatoms. The van der Waals surface area contributed by atoms with Gasteiger partial charge >= 0.3 is 0 Å². The zero-order valence-corrected chi connectivity index (χ0v) is 11.0. The number of halogens is 1. The fourth-order valence-corrected chi connectivity index (χ4v) is 1.71. The van der Waals surface area contributed by atoms with Gasteiger partial charge in [0.25, 0.3) is 0 Å². The molecular weight excluding hydrogens is 266 g/mol. The summed E-state index contributed by atoms with van der Waals surface area (Å²) in [6.07, 6.45) is 6.08.